The third-order valence-corrected chi connectivity index (χ3v) is 6.80. The molecule has 1 saturated carbocycles. The van der Waals surface area contributed by atoms with Crippen molar-refractivity contribution < 1.29 is 22.4 Å². The van der Waals surface area contributed by atoms with Crippen molar-refractivity contribution in [1.82, 2.24) is 10.0 Å². The van der Waals surface area contributed by atoms with Gasteiger partial charge in [-0.25, -0.2) is 17.5 Å². The van der Waals surface area contributed by atoms with Crippen LogP contribution in [0.5, 0.6) is 0 Å². The normalized spacial score (nSPS) is 18.9. The number of sulfonamides is 1. The highest BCUT2D eigenvalue weighted by Crippen LogP contribution is 2.28. The van der Waals surface area contributed by atoms with E-state index in [2.05, 4.69) is 15.4 Å². The van der Waals surface area contributed by atoms with Crippen molar-refractivity contribution in [1.29, 1.82) is 0 Å². The smallest absolute Gasteiger partial charge is 0.243 e. The molecular formula is C22H26FN3O4S. The van der Waals surface area contributed by atoms with Gasteiger partial charge < -0.3 is 10.6 Å². The molecule has 9 heteroatoms. The standard InChI is InChI=1S/C22H26FN3O4S/c23-18-5-4-6-19(13-18)26-21(27)15-24-22(28)17-11-9-16(10-12-17)14-25-31(29,30)20-7-2-1-3-8-20/h1-8,13,16-17,25H,9-12,14-15H2,(H,24,28)(H,26,27). The average Bonchev–Trinajstić information content (AvgIpc) is 2.77. The summed E-state index contributed by atoms with van der Waals surface area (Å²) in [6.45, 7) is 0.147. The van der Waals surface area contributed by atoms with E-state index in [1.165, 1.54) is 18.2 Å². The fraction of sp³-hybridized carbons (Fsp3) is 0.364. The fourth-order valence-electron chi connectivity index (χ4n) is 3.62. The van der Waals surface area contributed by atoms with Crippen molar-refractivity contribution in [2.24, 2.45) is 11.8 Å². The second-order valence-electron chi connectivity index (χ2n) is 7.66. The monoisotopic (exact) mass is 447 g/mol. The number of rotatable bonds is 8. The van der Waals surface area contributed by atoms with Gasteiger partial charge in [0.05, 0.1) is 11.4 Å². The number of hydrogen-bond donors (Lipinski definition) is 3. The number of hydrogen-bond acceptors (Lipinski definition) is 4. The molecule has 2 aromatic rings. The lowest BCUT2D eigenvalue weighted by atomic mass is 9.81. The topological polar surface area (TPSA) is 104 Å². The summed E-state index contributed by atoms with van der Waals surface area (Å²) in [5.41, 5.74) is 0.331. The number of anilines is 1. The molecule has 1 aliphatic carbocycles. The SMILES string of the molecule is O=C(CNC(=O)C1CCC(CNS(=O)(=O)c2ccccc2)CC1)Nc1cccc(F)c1. The second kappa shape index (κ2) is 10.5. The lowest BCUT2D eigenvalue weighted by molar-refractivity contribution is -0.128. The van der Waals surface area contributed by atoms with Crippen molar-refractivity contribution in [3.05, 3.63) is 60.4 Å². The van der Waals surface area contributed by atoms with Gasteiger partial charge in [-0.2, -0.15) is 0 Å². The van der Waals surface area contributed by atoms with Crippen molar-refractivity contribution in [2.45, 2.75) is 30.6 Å². The first-order chi connectivity index (χ1) is 14.8. The molecule has 1 fully saturated rings. The highest BCUT2D eigenvalue weighted by Gasteiger charge is 2.27. The Balaban J connectivity index is 1.38. The molecule has 2 aromatic carbocycles. The minimum Gasteiger partial charge on any atom is -0.347 e. The van der Waals surface area contributed by atoms with E-state index in [0.29, 0.717) is 25.1 Å². The number of nitrogens with one attached hydrogen (secondary N) is 3. The van der Waals surface area contributed by atoms with E-state index in [4.69, 9.17) is 0 Å². The molecule has 0 aliphatic heterocycles. The van der Waals surface area contributed by atoms with E-state index >= 15 is 0 Å². The van der Waals surface area contributed by atoms with E-state index in [-0.39, 0.29) is 29.2 Å². The molecule has 166 valence electrons. The first kappa shape index (κ1) is 22.9. The van der Waals surface area contributed by atoms with Crippen molar-refractivity contribution in [2.75, 3.05) is 18.4 Å². The third-order valence-electron chi connectivity index (χ3n) is 5.36. The Bertz CT molecular complexity index is 1010. The molecule has 1 aliphatic rings. The van der Waals surface area contributed by atoms with Gasteiger partial charge in [0, 0.05) is 18.2 Å². The van der Waals surface area contributed by atoms with Crippen LogP contribution in [0.15, 0.2) is 59.5 Å². The molecule has 0 spiro atoms. The van der Waals surface area contributed by atoms with Gasteiger partial charge in [0.25, 0.3) is 0 Å². The second-order valence-corrected chi connectivity index (χ2v) is 9.43. The highest BCUT2D eigenvalue weighted by molar-refractivity contribution is 7.89. The maximum atomic E-state index is 13.2. The molecule has 0 saturated heterocycles. The Morgan fingerprint density at radius 2 is 1.68 bits per heavy atom. The van der Waals surface area contributed by atoms with Crippen molar-refractivity contribution in [3.63, 3.8) is 0 Å². The lowest BCUT2D eigenvalue weighted by Gasteiger charge is -2.27. The van der Waals surface area contributed by atoms with E-state index < -0.39 is 21.7 Å². The van der Waals surface area contributed by atoms with Crippen LogP contribution in [0.2, 0.25) is 0 Å². The summed E-state index contributed by atoms with van der Waals surface area (Å²) >= 11 is 0. The molecule has 31 heavy (non-hydrogen) atoms. The van der Waals surface area contributed by atoms with E-state index in [1.54, 1.807) is 36.4 Å². The Hall–Kier alpha value is -2.78. The Labute approximate surface area is 181 Å². The van der Waals surface area contributed by atoms with E-state index in [1.807, 2.05) is 0 Å². The summed E-state index contributed by atoms with van der Waals surface area (Å²) in [7, 11) is -3.53. The minimum atomic E-state index is -3.53. The van der Waals surface area contributed by atoms with Crippen LogP contribution in [0.1, 0.15) is 25.7 Å². The Morgan fingerprint density at radius 1 is 0.968 bits per heavy atom. The molecule has 3 N–H and O–H groups in total. The van der Waals surface area contributed by atoms with Gasteiger partial charge in [0.2, 0.25) is 21.8 Å². The van der Waals surface area contributed by atoms with Crippen LogP contribution < -0.4 is 15.4 Å². The predicted molar refractivity (Wildman–Crippen MR) is 115 cm³/mol. The van der Waals surface area contributed by atoms with E-state index in [9.17, 15) is 22.4 Å². The molecule has 7 nitrogen and oxygen atoms in total. The molecule has 0 aromatic heterocycles. The van der Waals surface area contributed by atoms with Crippen LogP contribution in [0.3, 0.4) is 0 Å². The summed E-state index contributed by atoms with van der Waals surface area (Å²) in [6.07, 6.45) is 2.72. The average molecular weight is 448 g/mol. The zero-order valence-electron chi connectivity index (χ0n) is 17.0. The minimum absolute atomic E-state index is 0.166. The number of carbonyl (C=O) groups excluding carboxylic acids is 2. The molecule has 0 atom stereocenters. The molecule has 0 heterocycles. The molecular weight excluding hydrogens is 421 g/mol. The Kier molecular flexibility index (Phi) is 7.75. The lowest BCUT2D eigenvalue weighted by Crippen LogP contribution is -2.39. The summed E-state index contributed by atoms with van der Waals surface area (Å²) in [5.74, 6) is -1.12. The third kappa shape index (κ3) is 6.86. The predicted octanol–water partition coefficient (Wildman–Crippen LogP) is 2.67. The van der Waals surface area contributed by atoms with Crippen LogP contribution in [0.4, 0.5) is 10.1 Å². The van der Waals surface area contributed by atoms with Gasteiger partial charge in [-0.05, 0) is 61.9 Å². The van der Waals surface area contributed by atoms with Crippen molar-refractivity contribution in [3.8, 4) is 0 Å². The van der Waals surface area contributed by atoms with Gasteiger partial charge in [0.1, 0.15) is 5.82 Å². The largest absolute Gasteiger partial charge is 0.347 e. The van der Waals surface area contributed by atoms with Crippen LogP contribution in [-0.4, -0.2) is 33.3 Å². The van der Waals surface area contributed by atoms with E-state index in [0.717, 1.165) is 12.8 Å². The van der Waals surface area contributed by atoms with Gasteiger partial charge >= 0.3 is 0 Å². The van der Waals surface area contributed by atoms with Crippen LogP contribution in [0.25, 0.3) is 0 Å². The van der Waals surface area contributed by atoms with Crippen LogP contribution in [0, 0.1) is 17.7 Å². The summed E-state index contributed by atoms with van der Waals surface area (Å²) in [4.78, 5) is 24.5. The zero-order valence-corrected chi connectivity index (χ0v) is 17.8. The molecule has 0 unspecified atom stereocenters. The number of carbonyl (C=O) groups is 2. The summed E-state index contributed by atoms with van der Waals surface area (Å²) in [5, 5.41) is 5.16. The summed E-state index contributed by atoms with van der Waals surface area (Å²) in [6, 6.07) is 13.7. The first-order valence-electron chi connectivity index (χ1n) is 10.2. The Morgan fingerprint density at radius 3 is 2.35 bits per heavy atom. The maximum absolute atomic E-state index is 13.2. The number of halogens is 1. The van der Waals surface area contributed by atoms with Crippen LogP contribution >= 0.6 is 0 Å². The first-order valence-corrected chi connectivity index (χ1v) is 11.7. The fourth-order valence-corrected chi connectivity index (χ4v) is 4.76. The van der Waals surface area contributed by atoms with Crippen molar-refractivity contribution >= 4 is 27.5 Å². The highest BCUT2D eigenvalue weighted by atomic mass is 32.2. The van der Waals surface area contributed by atoms with Gasteiger partial charge in [-0.3, -0.25) is 9.59 Å². The van der Waals surface area contributed by atoms with Gasteiger partial charge in [-0.1, -0.05) is 24.3 Å². The molecule has 0 bridgehead atoms. The summed E-state index contributed by atoms with van der Waals surface area (Å²) < 4.78 is 40.4. The van der Waals surface area contributed by atoms with Crippen LogP contribution in [-0.2, 0) is 19.6 Å². The zero-order chi connectivity index (χ0) is 22.3. The van der Waals surface area contributed by atoms with Gasteiger partial charge in [0.15, 0.2) is 0 Å². The number of benzene rings is 2. The number of amides is 2. The molecule has 2 amide bonds. The molecule has 0 radical (unpaired) electrons. The quantitative estimate of drug-likeness (QED) is 0.579. The maximum Gasteiger partial charge on any atom is 0.243 e. The van der Waals surface area contributed by atoms with Gasteiger partial charge in [-0.15, -0.1) is 0 Å². The molecule has 3 rings (SSSR count).